The largest absolute Gasteiger partial charge is 0.494 e. The Hall–Kier alpha value is -2.50. The van der Waals surface area contributed by atoms with Gasteiger partial charge in [0.25, 0.3) is 0 Å². The minimum atomic E-state index is 0.584. The van der Waals surface area contributed by atoms with Gasteiger partial charge in [0.2, 0.25) is 5.75 Å². The normalized spacial score (nSPS) is 10.0. The summed E-state index contributed by atoms with van der Waals surface area (Å²) in [6.45, 7) is 5.34. The van der Waals surface area contributed by atoms with E-state index in [9.17, 15) is 0 Å². The van der Waals surface area contributed by atoms with E-state index in [1.54, 1.807) is 7.11 Å². The zero-order valence-corrected chi connectivity index (χ0v) is 12.5. The quantitative estimate of drug-likeness (QED) is 0.816. The highest BCUT2D eigenvalue weighted by Gasteiger charge is 2.11. The van der Waals surface area contributed by atoms with E-state index in [4.69, 9.17) is 9.47 Å². The van der Waals surface area contributed by atoms with Crippen LogP contribution in [-0.2, 0) is 0 Å². The maximum Gasteiger partial charge on any atom is 0.204 e. The van der Waals surface area contributed by atoms with Crippen LogP contribution in [0.25, 0.3) is 0 Å². The number of benzene rings is 1. The molecule has 0 unspecified atom stereocenters. The van der Waals surface area contributed by atoms with E-state index in [0.29, 0.717) is 24.0 Å². The number of ether oxygens (including phenoxy) is 2. The highest BCUT2D eigenvalue weighted by atomic mass is 16.5. The molecule has 2 N–H and O–H groups in total. The third-order valence-corrected chi connectivity index (χ3v) is 2.76. The van der Waals surface area contributed by atoms with Crippen LogP contribution in [0.4, 0.5) is 17.3 Å². The lowest BCUT2D eigenvalue weighted by Crippen LogP contribution is -2.06. The van der Waals surface area contributed by atoms with Crippen LogP contribution < -0.4 is 20.1 Å². The predicted octanol–water partition coefficient (Wildman–Crippen LogP) is 3.06. The van der Waals surface area contributed by atoms with Crippen molar-refractivity contribution in [2.45, 2.75) is 13.8 Å². The summed E-state index contributed by atoms with van der Waals surface area (Å²) in [6.07, 6.45) is 1.50. The minimum absolute atomic E-state index is 0.584. The number of hydrogen-bond donors (Lipinski definition) is 2. The molecule has 112 valence electrons. The maximum absolute atomic E-state index is 5.49. The fourth-order valence-corrected chi connectivity index (χ4v) is 1.92. The zero-order valence-electron chi connectivity index (χ0n) is 12.5. The van der Waals surface area contributed by atoms with E-state index >= 15 is 0 Å². The summed E-state index contributed by atoms with van der Waals surface area (Å²) in [5.41, 5.74) is 0.875. The first-order chi connectivity index (χ1) is 10.3. The van der Waals surface area contributed by atoms with Gasteiger partial charge in [0, 0.05) is 18.3 Å². The van der Waals surface area contributed by atoms with Crippen molar-refractivity contribution in [3.05, 3.63) is 30.6 Å². The van der Waals surface area contributed by atoms with Crippen LogP contribution in [0.15, 0.2) is 30.6 Å². The first-order valence-corrected chi connectivity index (χ1v) is 6.91. The number of hydrogen-bond acceptors (Lipinski definition) is 6. The molecule has 0 fully saturated rings. The smallest absolute Gasteiger partial charge is 0.204 e. The molecule has 1 heterocycles. The van der Waals surface area contributed by atoms with E-state index in [1.165, 1.54) is 6.33 Å². The van der Waals surface area contributed by atoms with Crippen molar-refractivity contribution in [1.82, 2.24) is 9.97 Å². The lowest BCUT2D eigenvalue weighted by molar-refractivity contribution is 0.340. The van der Waals surface area contributed by atoms with Gasteiger partial charge in [0.05, 0.1) is 13.7 Å². The van der Waals surface area contributed by atoms with Crippen molar-refractivity contribution < 1.29 is 9.47 Å². The van der Waals surface area contributed by atoms with Crippen molar-refractivity contribution >= 4 is 17.3 Å². The lowest BCUT2D eigenvalue weighted by Gasteiger charge is -2.14. The molecule has 2 aromatic rings. The van der Waals surface area contributed by atoms with Crippen LogP contribution in [0.3, 0.4) is 0 Å². The Bertz CT molecular complexity index is 590. The Morgan fingerprint density at radius 2 is 1.95 bits per heavy atom. The number of nitrogens with zero attached hydrogens (tertiary/aromatic N) is 2. The predicted molar refractivity (Wildman–Crippen MR) is 83.6 cm³/mol. The molecule has 0 aliphatic rings. The molecule has 0 aliphatic carbocycles. The van der Waals surface area contributed by atoms with Gasteiger partial charge >= 0.3 is 0 Å². The van der Waals surface area contributed by atoms with Crippen molar-refractivity contribution in [2.24, 2.45) is 0 Å². The van der Waals surface area contributed by atoms with Crippen LogP contribution in [0.1, 0.15) is 13.8 Å². The molecular weight excluding hydrogens is 268 g/mol. The summed E-state index contributed by atoms with van der Waals surface area (Å²) in [5.74, 6) is 2.67. The zero-order chi connectivity index (χ0) is 15.1. The summed E-state index contributed by atoms with van der Waals surface area (Å²) in [5, 5.41) is 6.37. The Balaban J connectivity index is 2.26. The van der Waals surface area contributed by atoms with Gasteiger partial charge in [0.15, 0.2) is 11.6 Å². The summed E-state index contributed by atoms with van der Waals surface area (Å²) in [7, 11) is 1.60. The van der Waals surface area contributed by atoms with Gasteiger partial charge in [0.1, 0.15) is 12.1 Å². The Labute approximate surface area is 124 Å². The molecule has 0 bridgehead atoms. The van der Waals surface area contributed by atoms with E-state index in [1.807, 2.05) is 38.1 Å². The third-order valence-electron chi connectivity index (χ3n) is 2.76. The fraction of sp³-hybridized carbons (Fsp3) is 0.333. The molecule has 0 saturated heterocycles. The Morgan fingerprint density at radius 1 is 1.14 bits per heavy atom. The van der Waals surface area contributed by atoms with E-state index in [0.717, 1.165) is 18.0 Å². The van der Waals surface area contributed by atoms with Crippen molar-refractivity contribution in [2.75, 3.05) is 30.9 Å². The molecule has 6 heteroatoms. The molecule has 0 saturated carbocycles. The number of rotatable bonds is 7. The van der Waals surface area contributed by atoms with Crippen LogP contribution in [0.5, 0.6) is 11.5 Å². The van der Waals surface area contributed by atoms with Gasteiger partial charge in [-0.3, -0.25) is 0 Å². The van der Waals surface area contributed by atoms with Crippen LogP contribution in [0.2, 0.25) is 0 Å². The second-order valence-electron chi connectivity index (χ2n) is 4.22. The second kappa shape index (κ2) is 7.33. The summed E-state index contributed by atoms with van der Waals surface area (Å²) >= 11 is 0. The molecule has 0 radical (unpaired) electrons. The van der Waals surface area contributed by atoms with Crippen molar-refractivity contribution in [3.63, 3.8) is 0 Å². The molecule has 1 aromatic heterocycles. The highest BCUT2D eigenvalue weighted by Crippen LogP contribution is 2.31. The first kappa shape index (κ1) is 14.9. The van der Waals surface area contributed by atoms with Crippen molar-refractivity contribution in [3.8, 4) is 11.5 Å². The molecular formula is C15H20N4O2. The molecule has 2 rings (SSSR count). The lowest BCUT2D eigenvalue weighted by atomic mass is 10.3. The minimum Gasteiger partial charge on any atom is -0.494 e. The first-order valence-electron chi connectivity index (χ1n) is 6.91. The van der Waals surface area contributed by atoms with Gasteiger partial charge in [-0.05, 0) is 26.0 Å². The van der Waals surface area contributed by atoms with E-state index < -0.39 is 0 Å². The molecule has 1 aromatic carbocycles. The Kier molecular flexibility index (Phi) is 5.20. The van der Waals surface area contributed by atoms with Gasteiger partial charge in [-0.15, -0.1) is 0 Å². The average Bonchev–Trinajstić information content (AvgIpc) is 2.49. The number of methoxy groups -OCH3 is 1. The standard InChI is InChI=1S/C15H20N4O2/c1-4-16-14-13(20-3)15(18-10-17-14)19-11-7-6-8-12(9-11)21-5-2/h6-10H,4-5H2,1-3H3,(H2,16,17,18,19). The maximum atomic E-state index is 5.49. The van der Waals surface area contributed by atoms with Crippen LogP contribution in [-0.4, -0.2) is 30.2 Å². The third kappa shape index (κ3) is 3.75. The SMILES string of the molecule is CCNc1ncnc(Nc2cccc(OCC)c2)c1OC. The highest BCUT2D eigenvalue weighted by molar-refractivity contribution is 5.69. The topological polar surface area (TPSA) is 68.3 Å². The number of anilines is 3. The van der Waals surface area contributed by atoms with Crippen LogP contribution >= 0.6 is 0 Å². The summed E-state index contributed by atoms with van der Waals surface area (Å²) < 4.78 is 10.9. The van der Waals surface area contributed by atoms with E-state index in [-0.39, 0.29) is 0 Å². The molecule has 21 heavy (non-hydrogen) atoms. The fourth-order valence-electron chi connectivity index (χ4n) is 1.92. The summed E-state index contributed by atoms with van der Waals surface area (Å²) in [4.78, 5) is 8.41. The second-order valence-corrected chi connectivity index (χ2v) is 4.22. The number of nitrogens with one attached hydrogen (secondary N) is 2. The van der Waals surface area contributed by atoms with Gasteiger partial charge in [-0.25, -0.2) is 9.97 Å². The summed E-state index contributed by atoms with van der Waals surface area (Å²) in [6, 6.07) is 7.69. The average molecular weight is 288 g/mol. The number of aromatic nitrogens is 2. The molecule has 0 amide bonds. The molecule has 0 spiro atoms. The van der Waals surface area contributed by atoms with Gasteiger partial charge < -0.3 is 20.1 Å². The molecule has 0 aliphatic heterocycles. The van der Waals surface area contributed by atoms with Gasteiger partial charge in [-0.2, -0.15) is 0 Å². The van der Waals surface area contributed by atoms with Gasteiger partial charge in [-0.1, -0.05) is 6.07 Å². The van der Waals surface area contributed by atoms with Crippen molar-refractivity contribution in [1.29, 1.82) is 0 Å². The molecule has 6 nitrogen and oxygen atoms in total. The van der Waals surface area contributed by atoms with E-state index in [2.05, 4.69) is 20.6 Å². The Morgan fingerprint density at radius 3 is 2.67 bits per heavy atom. The monoisotopic (exact) mass is 288 g/mol. The molecule has 0 atom stereocenters. The van der Waals surface area contributed by atoms with Crippen LogP contribution in [0, 0.1) is 0 Å².